The quantitative estimate of drug-likeness (QED) is 0.766. The molecule has 0 spiro atoms. The molecule has 1 unspecified atom stereocenters. The fourth-order valence-corrected chi connectivity index (χ4v) is 1.48. The van der Waals surface area contributed by atoms with Crippen LogP contribution in [-0.4, -0.2) is 36.6 Å². The van der Waals surface area contributed by atoms with Crippen molar-refractivity contribution in [1.82, 2.24) is 15.2 Å². The van der Waals surface area contributed by atoms with Gasteiger partial charge < -0.3 is 5.32 Å². The van der Waals surface area contributed by atoms with E-state index in [1.54, 1.807) is 0 Å². The molecule has 1 aromatic heterocycles. The Labute approximate surface area is 92.5 Å². The van der Waals surface area contributed by atoms with Gasteiger partial charge in [-0.05, 0) is 46.1 Å². The van der Waals surface area contributed by atoms with E-state index in [4.69, 9.17) is 0 Å². The van der Waals surface area contributed by atoms with Crippen molar-refractivity contribution in [2.75, 3.05) is 20.6 Å². The van der Waals surface area contributed by atoms with E-state index in [9.17, 15) is 0 Å². The van der Waals surface area contributed by atoms with Gasteiger partial charge in [0.15, 0.2) is 0 Å². The second-order valence-electron chi connectivity index (χ2n) is 3.98. The van der Waals surface area contributed by atoms with Crippen LogP contribution in [0.1, 0.15) is 19.0 Å². The maximum Gasteiger partial charge on any atom is 0.0543 e. The average Bonchev–Trinajstić information content (AvgIpc) is 2.27. The highest BCUT2D eigenvalue weighted by atomic mass is 15.1. The average molecular weight is 207 g/mol. The molecule has 0 saturated carbocycles. The van der Waals surface area contributed by atoms with Crippen molar-refractivity contribution < 1.29 is 0 Å². The predicted molar refractivity (Wildman–Crippen MR) is 63.7 cm³/mol. The molecule has 0 bridgehead atoms. The van der Waals surface area contributed by atoms with Crippen LogP contribution in [0.2, 0.25) is 0 Å². The third kappa shape index (κ3) is 4.40. The first-order valence-electron chi connectivity index (χ1n) is 5.48. The fraction of sp³-hybridized carbons (Fsp3) is 0.583. The third-order valence-corrected chi connectivity index (χ3v) is 2.70. The summed E-state index contributed by atoms with van der Waals surface area (Å²) in [4.78, 5) is 6.66. The topological polar surface area (TPSA) is 28.2 Å². The van der Waals surface area contributed by atoms with Gasteiger partial charge in [0.25, 0.3) is 0 Å². The van der Waals surface area contributed by atoms with Crippen molar-refractivity contribution >= 4 is 0 Å². The molecule has 1 rings (SSSR count). The number of aromatic nitrogens is 1. The number of rotatable bonds is 6. The smallest absolute Gasteiger partial charge is 0.0543 e. The van der Waals surface area contributed by atoms with Crippen molar-refractivity contribution in [3.8, 4) is 0 Å². The van der Waals surface area contributed by atoms with Crippen LogP contribution in [0.5, 0.6) is 0 Å². The summed E-state index contributed by atoms with van der Waals surface area (Å²) in [7, 11) is 4.14. The van der Waals surface area contributed by atoms with Crippen molar-refractivity contribution in [3.63, 3.8) is 0 Å². The Morgan fingerprint density at radius 3 is 2.87 bits per heavy atom. The maximum absolute atomic E-state index is 4.32. The number of pyridine rings is 1. The number of nitrogens with one attached hydrogen (secondary N) is 1. The van der Waals surface area contributed by atoms with E-state index in [2.05, 4.69) is 35.2 Å². The van der Waals surface area contributed by atoms with E-state index in [1.807, 2.05) is 25.4 Å². The lowest BCUT2D eigenvalue weighted by Crippen LogP contribution is -2.31. The van der Waals surface area contributed by atoms with Crippen molar-refractivity contribution in [3.05, 3.63) is 30.1 Å². The number of hydrogen-bond donors (Lipinski definition) is 1. The summed E-state index contributed by atoms with van der Waals surface area (Å²) in [5.41, 5.74) is 1.14. The predicted octanol–water partition coefficient (Wildman–Crippen LogP) is 1.51. The number of hydrogen-bond acceptors (Lipinski definition) is 3. The second kappa shape index (κ2) is 6.53. The standard InChI is InChI=1S/C12H21N3/c1-11(7-9-13-2)15(3)10-12-6-4-5-8-14-12/h4-6,8,11,13H,7,9-10H2,1-3H3. The van der Waals surface area contributed by atoms with Gasteiger partial charge in [0, 0.05) is 18.8 Å². The zero-order valence-electron chi connectivity index (χ0n) is 9.90. The minimum atomic E-state index is 0.583. The minimum absolute atomic E-state index is 0.583. The molecule has 0 aliphatic heterocycles. The molecule has 0 saturated heterocycles. The Kier molecular flexibility index (Phi) is 5.29. The highest BCUT2D eigenvalue weighted by Gasteiger charge is 2.08. The van der Waals surface area contributed by atoms with E-state index in [0.29, 0.717) is 6.04 Å². The first-order valence-corrected chi connectivity index (χ1v) is 5.48. The first kappa shape index (κ1) is 12.1. The SMILES string of the molecule is CNCCC(C)N(C)Cc1ccccn1. The van der Waals surface area contributed by atoms with Gasteiger partial charge in [-0.3, -0.25) is 9.88 Å². The summed E-state index contributed by atoms with van der Waals surface area (Å²) in [6, 6.07) is 6.64. The minimum Gasteiger partial charge on any atom is -0.320 e. The van der Waals surface area contributed by atoms with Crippen molar-refractivity contribution in [2.24, 2.45) is 0 Å². The van der Waals surface area contributed by atoms with Crippen LogP contribution in [0, 0.1) is 0 Å². The molecule has 0 aliphatic carbocycles. The second-order valence-corrected chi connectivity index (χ2v) is 3.98. The molecule has 1 atom stereocenters. The van der Waals surface area contributed by atoms with Crippen molar-refractivity contribution in [1.29, 1.82) is 0 Å². The van der Waals surface area contributed by atoms with E-state index >= 15 is 0 Å². The highest BCUT2D eigenvalue weighted by molar-refractivity contribution is 5.03. The molecule has 3 heteroatoms. The maximum atomic E-state index is 4.32. The van der Waals surface area contributed by atoms with Crippen LogP contribution in [0.25, 0.3) is 0 Å². The van der Waals surface area contributed by atoms with E-state index in [1.165, 1.54) is 6.42 Å². The lowest BCUT2D eigenvalue weighted by molar-refractivity contribution is 0.235. The summed E-state index contributed by atoms with van der Waals surface area (Å²) in [5, 5.41) is 3.18. The summed E-state index contributed by atoms with van der Waals surface area (Å²) in [6.07, 6.45) is 3.02. The first-order chi connectivity index (χ1) is 7.24. The van der Waals surface area contributed by atoms with Gasteiger partial charge >= 0.3 is 0 Å². The molecule has 3 nitrogen and oxygen atoms in total. The van der Waals surface area contributed by atoms with E-state index < -0.39 is 0 Å². The Bertz CT molecular complexity index is 261. The van der Waals surface area contributed by atoms with Gasteiger partial charge in [-0.15, -0.1) is 0 Å². The van der Waals surface area contributed by atoms with Gasteiger partial charge in [0.2, 0.25) is 0 Å². The normalized spacial score (nSPS) is 13.1. The number of nitrogens with zero attached hydrogens (tertiary/aromatic N) is 2. The monoisotopic (exact) mass is 207 g/mol. The molecule has 1 heterocycles. The highest BCUT2D eigenvalue weighted by Crippen LogP contribution is 2.05. The summed E-state index contributed by atoms with van der Waals surface area (Å²) < 4.78 is 0. The van der Waals surface area contributed by atoms with Crippen LogP contribution in [0.4, 0.5) is 0 Å². The molecule has 0 amide bonds. The molecular weight excluding hydrogens is 186 g/mol. The summed E-state index contributed by atoms with van der Waals surface area (Å²) in [5.74, 6) is 0. The van der Waals surface area contributed by atoms with Crippen LogP contribution < -0.4 is 5.32 Å². The van der Waals surface area contributed by atoms with Gasteiger partial charge in [0.1, 0.15) is 0 Å². The Morgan fingerprint density at radius 1 is 1.47 bits per heavy atom. The molecule has 0 fully saturated rings. The molecule has 1 aromatic rings. The van der Waals surface area contributed by atoms with Gasteiger partial charge in [-0.25, -0.2) is 0 Å². The van der Waals surface area contributed by atoms with E-state index in [-0.39, 0.29) is 0 Å². The van der Waals surface area contributed by atoms with Crippen LogP contribution in [0.3, 0.4) is 0 Å². The largest absolute Gasteiger partial charge is 0.320 e. The third-order valence-electron chi connectivity index (χ3n) is 2.70. The summed E-state index contributed by atoms with van der Waals surface area (Å²) in [6.45, 7) is 4.24. The Hall–Kier alpha value is -0.930. The Morgan fingerprint density at radius 2 is 2.27 bits per heavy atom. The summed E-state index contributed by atoms with van der Waals surface area (Å²) >= 11 is 0. The molecule has 1 N–H and O–H groups in total. The molecule has 84 valence electrons. The molecule has 0 aliphatic rings. The zero-order chi connectivity index (χ0) is 11.1. The lowest BCUT2D eigenvalue weighted by atomic mass is 10.2. The molecule has 0 aromatic carbocycles. The van der Waals surface area contributed by atoms with Crippen LogP contribution in [-0.2, 0) is 6.54 Å². The lowest BCUT2D eigenvalue weighted by Gasteiger charge is -2.24. The van der Waals surface area contributed by atoms with Crippen LogP contribution >= 0.6 is 0 Å². The zero-order valence-corrected chi connectivity index (χ0v) is 9.90. The van der Waals surface area contributed by atoms with Gasteiger partial charge in [-0.1, -0.05) is 6.07 Å². The van der Waals surface area contributed by atoms with Gasteiger partial charge in [-0.2, -0.15) is 0 Å². The van der Waals surface area contributed by atoms with E-state index in [0.717, 1.165) is 18.8 Å². The fourth-order valence-electron chi connectivity index (χ4n) is 1.48. The molecule has 0 radical (unpaired) electrons. The van der Waals surface area contributed by atoms with Gasteiger partial charge in [0.05, 0.1) is 5.69 Å². The molecule has 15 heavy (non-hydrogen) atoms. The van der Waals surface area contributed by atoms with Crippen LogP contribution in [0.15, 0.2) is 24.4 Å². The van der Waals surface area contributed by atoms with Crippen molar-refractivity contribution in [2.45, 2.75) is 25.9 Å². The Balaban J connectivity index is 2.38. The molecular formula is C12H21N3.